The maximum absolute atomic E-state index is 12.9. The first-order valence-corrected chi connectivity index (χ1v) is 12.2. The van der Waals surface area contributed by atoms with Crippen molar-refractivity contribution in [2.24, 2.45) is 0 Å². The minimum Gasteiger partial charge on any atom is -0.378 e. The molecule has 0 saturated carbocycles. The monoisotopic (exact) mass is 462 g/mol. The summed E-state index contributed by atoms with van der Waals surface area (Å²) in [6.45, 7) is 6.05. The van der Waals surface area contributed by atoms with Gasteiger partial charge in [0.25, 0.3) is 5.91 Å². The fraction of sp³-hybridized carbons (Fsp3) is 0.333. The lowest BCUT2D eigenvalue weighted by Gasteiger charge is -2.28. The molecule has 2 aromatic heterocycles. The molecule has 5 rings (SSSR count). The van der Waals surface area contributed by atoms with E-state index in [2.05, 4.69) is 22.2 Å². The number of morpholine rings is 1. The summed E-state index contributed by atoms with van der Waals surface area (Å²) in [4.78, 5) is 24.7. The number of carbonyl (C=O) groups is 1. The minimum atomic E-state index is -0.0888. The number of amides is 1. The summed E-state index contributed by atoms with van der Waals surface area (Å²) < 4.78 is 7.35. The van der Waals surface area contributed by atoms with Gasteiger partial charge >= 0.3 is 0 Å². The summed E-state index contributed by atoms with van der Waals surface area (Å²) in [5.74, 6) is 1.71. The van der Waals surface area contributed by atoms with E-state index in [1.807, 2.05) is 53.3 Å². The molecule has 0 atom stereocenters. The highest BCUT2D eigenvalue weighted by Crippen LogP contribution is 2.27. The largest absolute Gasteiger partial charge is 0.378 e. The van der Waals surface area contributed by atoms with Gasteiger partial charge in [0, 0.05) is 25.2 Å². The van der Waals surface area contributed by atoms with E-state index in [1.54, 1.807) is 11.8 Å². The molecule has 1 aliphatic rings. The van der Waals surface area contributed by atoms with Crippen molar-refractivity contribution in [1.82, 2.24) is 25.1 Å². The van der Waals surface area contributed by atoms with Crippen molar-refractivity contribution in [3.05, 3.63) is 54.2 Å². The molecule has 1 aliphatic heterocycles. The average molecular weight is 463 g/mol. The van der Waals surface area contributed by atoms with E-state index in [-0.39, 0.29) is 5.91 Å². The molecule has 1 saturated heterocycles. The van der Waals surface area contributed by atoms with E-state index in [4.69, 9.17) is 14.7 Å². The quantitative estimate of drug-likeness (QED) is 0.333. The second-order valence-electron chi connectivity index (χ2n) is 7.75. The number of aromatic nitrogens is 4. The van der Waals surface area contributed by atoms with Crippen LogP contribution in [0.5, 0.6) is 0 Å². The number of carbonyl (C=O) groups excluding carboxylic acids is 1. The van der Waals surface area contributed by atoms with Crippen LogP contribution in [0.3, 0.4) is 0 Å². The number of fused-ring (bicyclic) bond motifs is 2. The number of nitrogens with one attached hydrogen (secondary N) is 1. The topological polar surface area (TPSA) is 85.2 Å². The first-order valence-electron chi connectivity index (χ1n) is 11.2. The molecule has 8 nitrogen and oxygen atoms in total. The highest BCUT2D eigenvalue weighted by atomic mass is 32.2. The summed E-state index contributed by atoms with van der Waals surface area (Å²) in [6, 6.07) is 13.7. The van der Waals surface area contributed by atoms with Gasteiger partial charge in [-0.05, 0) is 22.6 Å². The van der Waals surface area contributed by atoms with Crippen molar-refractivity contribution in [2.75, 3.05) is 43.5 Å². The molecule has 0 aliphatic carbocycles. The van der Waals surface area contributed by atoms with Crippen LogP contribution in [0.2, 0.25) is 0 Å². The zero-order chi connectivity index (χ0) is 22.6. The first-order chi connectivity index (χ1) is 16.2. The van der Waals surface area contributed by atoms with E-state index < -0.39 is 0 Å². The molecule has 170 valence electrons. The predicted octanol–water partition coefficient (Wildman–Crippen LogP) is 3.36. The summed E-state index contributed by atoms with van der Waals surface area (Å²) in [5, 5.41) is 11.3. The third-order valence-electron chi connectivity index (χ3n) is 5.68. The molecular weight excluding hydrogens is 436 g/mol. The second-order valence-corrected chi connectivity index (χ2v) is 8.98. The molecule has 9 heteroatoms. The predicted molar refractivity (Wildman–Crippen MR) is 131 cm³/mol. The number of ether oxygens (including phenoxy) is 1. The Balaban J connectivity index is 1.35. The van der Waals surface area contributed by atoms with E-state index in [0.717, 1.165) is 51.6 Å². The van der Waals surface area contributed by atoms with Gasteiger partial charge in [-0.25, -0.2) is 14.6 Å². The standard InChI is InChI=1S/C24H26N6O2S/c1-2-33-24-27-21(29-12-14-32-15-13-29)20-16-26-30(22(20)28-24)11-10-25-23(31)19-9-5-7-17-6-3-4-8-18(17)19/h3-9,16H,2,10-15H2,1H3,(H,25,31). The van der Waals surface area contributed by atoms with Crippen LogP contribution in [0.25, 0.3) is 21.8 Å². The lowest BCUT2D eigenvalue weighted by atomic mass is 10.0. The van der Waals surface area contributed by atoms with Crippen molar-refractivity contribution in [3.8, 4) is 0 Å². The van der Waals surface area contributed by atoms with Crippen LogP contribution in [0.15, 0.2) is 53.8 Å². The highest BCUT2D eigenvalue weighted by molar-refractivity contribution is 7.99. The van der Waals surface area contributed by atoms with Gasteiger partial charge in [0.2, 0.25) is 0 Å². The number of thioether (sulfide) groups is 1. The Morgan fingerprint density at radius 1 is 1.09 bits per heavy atom. The summed E-state index contributed by atoms with van der Waals surface area (Å²) in [5.41, 5.74) is 1.47. The molecule has 0 spiro atoms. The number of hydrogen-bond donors (Lipinski definition) is 1. The Kier molecular flexibility index (Phi) is 6.41. The van der Waals surface area contributed by atoms with Gasteiger partial charge in [0.1, 0.15) is 5.82 Å². The fourth-order valence-corrected chi connectivity index (χ4v) is 4.65. The molecule has 0 radical (unpaired) electrons. The van der Waals surface area contributed by atoms with Gasteiger partial charge in [0.15, 0.2) is 10.8 Å². The number of anilines is 1. The molecule has 1 N–H and O–H groups in total. The van der Waals surface area contributed by atoms with Gasteiger partial charge in [-0.2, -0.15) is 5.10 Å². The average Bonchev–Trinajstić information content (AvgIpc) is 3.26. The summed E-state index contributed by atoms with van der Waals surface area (Å²) >= 11 is 1.62. The van der Waals surface area contributed by atoms with Gasteiger partial charge in [-0.15, -0.1) is 0 Å². The SMILES string of the molecule is CCSc1nc(N2CCOCC2)c2cnn(CCNC(=O)c3cccc4ccccc34)c2n1. The van der Waals surface area contributed by atoms with Crippen LogP contribution < -0.4 is 10.2 Å². The van der Waals surface area contributed by atoms with Crippen molar-refractivity contribution in [2.45, 2.75) is 18.6 Å². The van der Waals surface area contributed by atoms with Crippen LogP contribution in [0, 0.1) is 0 Å². The van der Waals surface area contributed by atoms with Crippen LogP contribution in [0.4, 0.5) is 5.82 Å². The zero-order valence-corrected chi connectivity index (χ0v) is 19.3. The van der Waals surface area contributed by atoms with Gasteiger partial charge < -0.3 is 15.0 Å². The molecule has 0 bridgehead atoms. The van der Waals surface area contributed by atoms with Crippen molar-refractivity contribution < 1.29 is 9.53 Å². The van der Waals surface area contributed by atoms with Gasteiger partial charge in [-0.3, -0.25) is 4.79 Å². The Morgan fingerprint density at radius 3 is 2.76 bits per heavy atom. The number of nitrogens with zero attached hydrogens (tertiary/aromatic N) is 5. The van der Waals surface area contributed by atoms with Crippen molar-refractivity contribution >= 4 is 45.3 Å². The zero-order valence-electron chi connectivity index (χ0n) is 18.5. The smallest absolute Gasteiger partial charge is 0.251 e. The van der Waals surface area contributed by atoms with Crippen molar-refractivity contribution in [3.63, 3.8) is 0 Å². The summed E-state index contributed by atoms with van der Waals surface area (Å²) in [7, 11) is 0. The molecular formula is C24H26N6O2S. The Labute approximate surface area is 196 Å². The molecule has 1 fully saturated rings. The van der Waals surface area contributed by atoms with Crippen LogP contribution in [0.1, 0.15) is 17.3 Å². The number of rotatable bonds is 7. The Morgan fingerprint density at radius 2 is 1.91 bits per heavy atom. The van der Waals surface area contributed by atoms with E-state index in [9.17, 15) is 4.79 Å². The number of hydrogen-bond acceptors (Lipinski definition) is 7. The molecule has 4 aromatic rings. The Bertz CT molecular complexity index is 1280. The Hall–Kier alpha value is -3.17. The van der Waals surface area contributed by atoms with Crippen LogP contribution in [-0.2, 0) is 11.3 Å². The molecule has 1 amide bonds. The maximum atomic E-state index is 12.9. The van der Waals surface area contributed by atoms with Crippen LogP contribution in [-0.4, -0.2) is 64.3 Å². The van der Waals surface area contributed by atoms with Gasteiger partial charge in [0.05, 0.1) is 31.3 Å². The number of benzene rings is 2. The van der Waals surface area contributed by atoms with E-state index >= 15 is 0 Å². The maximum Gasteiger partial charge on any atom is 0.251 e. The third kappa shape index (κ3) is 4.51. The lowest BCUT2D eigenvalue weighted by molar-refractivity contribution is 0.0953. The fourth-order valence-electron chi connectivity index (χ4n) is 4.09. The van der Waals surface area contributed by atoms with Crippen molar-refractivity contribution in [1.29, 1.82) is 0 Å². The van der Waals surface area contributed by atoms with Gasteiger partial charge in [-0.1, -0.05) is 55.1 Å². The molecule has 0 unspecified atom stereocenters. The minimum absolute atomic E-state index is 0.0888. The van der Waals surface area contributed by atoms with Crippen LogP contribution >= 0.6 is 11.8 Å². The third-order valence-corrected chi connectivity index (χ3v) is 6.41. The molecule has 33 heavy (non-hydrogen) atoms. The highest BCUT2D eigenvalue weighted by Gasteiger charge is 2.20. The van der Waals surface area contributed by atoms with E-state index in [0.29, 0.717) is 31.9 Å². The second kappa shape index (κ2) is 9.76. The molecule has 2 aromatic carbocycles. The first kappa shape index (κ1) is 21.7. The normalized spacial score (nSPS) is 14.2. The van der Waals surface area contributed by atoms with E-state index in [1.165, 1.54) is 0 Å². The lowest BCUT2D eigenvalue weighted by Crippen LogP contribution is -2.37. The molecule has 3 heterocycles. The summed E-state index contributed by atoms with van der Waals surface area (Å²) in [6.07, 6.45) is 1.83.